The maximum atomic E-state index is 13.2. The van der Waals surface area contributed by atoms with Crippen molar-refractivity contribution in [3.05, 3.63) is 53.8 Å². The van der Waals surface area contributed by atoms with Gasteiger partial charge in [-0.3, -0.25) is 4.99 Å². The summed E-state index contributed by atoms with van der Waals surface area (Å²) in [7, 11) is 0. The van der Waals surface area contributed by atoms with Crippen LogP contribution < -0.4 is 20.5 Å². The highest BCUT2D eigenvalue weighted by atomic mass is 127. The third-order valence-electron chi connectivity index (χ3n) is 5.34. The van der Waals surface area contributed by atoms with Gasteiger partial charge in [-0.2, -0.15) is 0 Å². The van der Waals surface area contributed by atoms with Gasteiger partial charge in [-0.25, -0.2) is 4.39 Å². The van der Waals surface area contributed by atoms with Crippen LogP contribution in [-0.4, -0.2) is 25.7 Å². The zero-order valence-corrected chi connectivity index (χ0v) is 17.9. The van der Waals surface area contributed by atoms with E-state index in [0.29, 0.717) is 31.5 Å². The SMILES string of the molecule is I.NC(=NCC1(c2ccc(F)cc2)CCC1)Nc1ccc2c(c1)OCCCO2. The first-order valence-electron chi connectivity index (χ1n) is 9.37. The maximum Gasteiger partial charge on any atom is 0.193 e. The van der Waals surface area contributed by atoms with Crippen LogP contribution in [0, 0.1) is 5.82 Å². The van der Waals surface area contributed by atoms with Crippen LogP contribution in [0.15, 0.2) is 47.5 Å². The first-order valence-corrected chi connectivity index (χ1v) is 9.37. The number of rotatable bonds is 4. The maximum absolute atomic E-state index is 13.2. The second-order valence-corrected chi connectivity index (χ2v) is 7.18. The van der Waals surface area contributed by atoms with E-state index < -0.39 is 0 Å². The quantitative estimate of drug-likeness (QED) is 0.372. The average molecular weight is 497 g/mol. The van der Waals surface area contributed by atoms with Crippen molar-refractivity contribution in [2.75, 3.05) is 25.1 Å². The zero-order valence-electron chi connectivity index (χ0n) is 15.6. The van der Waals surface area contributed by atoms with Gasteiger partial charge in [0.25, 0.3) is 0 Å². The van der Waals surface area contributed by atoms with Crippen LogP contribution in [0.2, 0.25) is 0 Å². The van der Waals surface area contributed by atoms with Crippen molar-refractivity contribution in [3.8, 4) is 11.5 Å². The molecule has 0 bridgehead atoms. The van der Waals surface area contributed by atoms with Crippen molar-refractivity contribution in [2.45, 2.75) is 31.1 Å². The van der Waals surface area contributed by atoms with Gasteiger partial charge in [-0.15, -0.1) is 24.0 Å². The number of benzene rings is 2. The first kappa shape index (κ1) is 20.7. The lowest BCUT2D eigenvalue weighted by Gasteiger charge is -2.41. The molecule has 1 fully saturated rings. The van der Waals surface area contributed by atoms with E-state index in [0.717, 1.165) is 42.7 Å². The highest BCUT2D eigenvalue weighted by molar-refractivity contribution is 14.0. The van der Waals surface area contributed by atoms with Crippen molar-refractivity contribution in [2.24, 2.45) is 10.7 Å². The molecule has 1 heterocycles. The molecule has 1 aliphatic heterocycles. The number of nitrogens with two attached hydrogens (primary N) is 1. The molecule has 4 rings (SSSR count). The second kappa shape index (κ2) is 8.98. The van der Waals surface area contributed by atoms with E-state index in [1.54, 1.807) is 0 Å². The largest absolute Gasteiger partial charge is 0.490 e. The minimum absolute atomic E-state index is 0. The molecule has 2 aromatic rings. The monoisotopic (exact) mass is 497 g/mol. The molecule has 0 unspecified atom stereocenters. The fourth-order valence-corrected chi connectivity index (χ4v) is 3.61. The van der Waals surface area contributed by atoms with Crippen molar-refractivity contribution in [1.82, 2.24) is 0 Å². The molecule has 0 aromatic heterocycles. The van der Waals surface area contributed by atoms with Crippen LogP contribution in [0.1, 0.15) is 31.2 Å². The van der Waals surface area contributed by atoms with Gasteiger partial charge < -0.3 is 20.5 Å². The average Bonchev–Trinajstić information content (AvgIpc) is 2.87. The number of guanidine groups is 1. The first-order chi connectivity index (χ1) is 13.1. The lowest BCUT2D eigenvalue weighted by molar-refractivity contribution is 0.253. The van der Waals surface area contributed by atoms with Crippen molar-refractivity contribution in [3.63, 3.8) is 0 Å². The molecule has 7 heteroatoms. The third kappa shape index (κ3) is 4.51. The van der Waals surface area contributed by atoms with Gasteiger partial charge in [0.2, 0.25) is 0 Å². The molecular formula is C21H25FIN3O2. The van der Waals surface area contributed by atoms with Crippen LogP contribution in [0.25, 0.3) is 0 Å². The molecule has 2 aromatic carbocycles. The number of hydrogen-bond acceptors (Lipinski definition) is 3. The fourth-order valence-electron chi connectivity index (χ4n) is 3.61. The van der Waals surface area contributed by atoms with E-state index in [4.69, 9.17) is 15.2 Å². The lowest BCUT2D eigenvalue weighted by atomic mass is 9.64. The van der Waals surface area contributed by atoms with Gasteiger partial charge in [0.15, 0.2) is 17.5 Å². The fraction of sp³-hybridized carbons (Fsp3) is 0.381. The Morgan fingerprint density at radius 2 is 1.75 bits per heavy atom. The second-order valence-electron chi connectivity index (χ2n) is 7.18. The molecule has 0 spiro atoms. The van der Waals surface area contributed by atoms with Crippen LogP contribution >= 0.6 is 24.0 Å². The molecule has 0 saturated heterocycles. The highest BCUT2D eigenvalue weighted by Crippen LogP contribution is 2.44. The molecule has 28 heavy (non-hydrogen) atoms. The summed E-state index contributed by atoms with van der Waals surface area (Å²) in [6.45, 7) is 1.89. The Bertz CT molecular complexity index is 838. The van der Waals surface area contributed by atoms with E-state index in [9.17, 15) is 4.39 Å². The number of fused-ring (bicyclic) bond motifs is 1. The Kier molecular flexibility index (Phi) is 6.64. The molecule has 5 nitrogen and oxygen atoms in total. The molecular weight excluding hydrogens is 472 g/mol. The summed E-state index contributed by atoms with van der Waals surface area (Å²) in [5.74, 6) is 1.61. The van der Waals surface area contributed by atoms with Gasteiger partial charge in [-0.1, -0.05) is 18.6 Å². The molecule has 0 atom stereocenters. The molecule has 0 amide bonds. The lowest BCUT2D eigenvalue weighted by Crippen LogP contribution is -2.38. The Labute approximate surface area is 181 Å². The number of nitrogens with zero attached hydrogens (tertiary/aromatic N) is 1. The summed E-state index contributed by atoms with van der Waals surface area (Å²) in [6.07, 6.45) is 4.10. The Morgan fingerprint density at radius 3 is 2.43 bits per heavy atom. The van der Waals surface area contributed by atoms with Gasteiger partial charge in [0, 0.05) is 23.6 Å². The van der Waals surface area contributed by atoms with Gasteiger partial charge in [0.05, 0.1) is 19.8 Å². The van der Waals surface area contributed by atoms with Crippen LogP contribution in [-0.2, 0) is 5.41 Å². The smallest absolute Gasteiger partial charge is 0.193 e. The summed E-state index contributed by atoms with van der Waals surface area (Å²) in [6, 6.07) is 12.4. The number of nitrogens with one attached hydrogen (secondary N) is 1. The van der Waals surface area contributed by atoms with E-state index >= 15 is 0 Å². The van der Waals surface area contributed by atoms with Crippen LogP contribution in [0.4, 0.5) is 10.1 Å². The van der Waals surface area contributed by atoms with E-state index in [1.807, 2.05) is 30.3 Å². The molecule has 1 aliphatic carbocycles. The van der Waals surface area contributed by atoms with Gasteiger partial charge in [-0.05, 0) is 42.7 Å². The predicted octanol–water partition coefficient (Wildman–Crippen LogP) is 4.45. The zero-order chi connectivity index (χ0) is 18.7. The number of halogens is 2. The predicted molar refractivity (Wildman–Crippen MR) is 120 cm³/mol. The molecule has 150 valence electrons. The van der Waals surface area contributed by atoms with Crippen molar-refractivity contribution < 1.29 is 13.9 Å². The molecule has 3 N–H and O–H groups in total. The molecule has 0 radical (unpaired) electrons. The van der Waals surface area contributed by atoms with E-state index in [2.05, 4.69) is 10.3 Å². The summed E-state index contributed by atoms with van der Waals surface area (Å²) < 4.78 is 24.6. The van der Waals surface area contributed by atoms with E-state index in [1.165, 1.54) is 12.1 Å². The minimum atomic E-state index is -0.215. The van der Waals surface area contributed by atoms with Crippen LogP contribution in [0.5, 0.6) is 11.5 Å². The molecule has 1 saturated carbocycles. The van der Waals surface area contributed by atoms with Gasteiger partial charge >= 0.3 is 0 Å². The Balaban J connectivity index is 0.00000225. The van der Waals surface area contributed by atoms with Crippen molar-refractivity contribution >= 4 is 35.6 Å². The summed E-state index contributed by atoms with van der Waals surface area (Å²) in [5, 5.41) is 3.13. The Hall–Kier alpha value is -2.03. The third-order valence-corrected chi connectivity index (χ3v) is 5.34. The normalized spacial score (nSPS) is 17.7. The number of anilines is 1. The summed E-state index contributed by atoms with van der Waals surface area (Å²) >= 11 is 0. The summed E-state index contributed by atoms with van der Waals surface area (Å²) in [5.41, 5.74) is 8.01. The number of hydrogen-bond donors (Lipinski definition) is 2. The highest BCUT2D eigenvalue weighted by Gasteiger charge is 2.38. The number of ether oxygens (including phenoxy) is 2. The Morgan fingerprint density at radius 1 is 1.04 bits per heavy atom. The van der Waals surface area contributed by atoms with Gasteiger partial charge in [0.1, 0.15) is 5.82 Å². The topological polar surface area (TPSA) is 68.9 Å². The van der Waals surface area contributed by atoms with Crippen molar-refractivity contribution in [1.29, 1.82) is 0 Å². The van der Waals surface area contributed by atoms with E-state index in [-0.39, 0.29) is 35.2 Å². The van der Waals surface area contributed by atoms with Crippen LogP contribution in [0.3, 0.4) is 0 Å². The minimum Gasteiger partial charge on any atom is -0.490 e. The summed E-state index contributed by atoms with van der Waals surface area (Å²) in [4.78, 5) is 4.56. The molecule has 2 aliphatic rings. The standard InChI is InChI=1S/C21H24FN3O2.HI/c22-16-5-3-15(4-6-16)21(9-1-10-21)14-24-20(23)25-17-7-8-18-19(13-17)27-12-2-11-26-18;/h3-8,13H,1-2,9-12,14H2,(H3,23,24,25);1H. The number of aliphatic imine (C=N–C) groups is 1.